The Bertz CT molecular complexity index is 818. The Kier molecular flexibility index (Phi) is 7.72. The fourth-order valence-electron chi connectivity index (χ4n) is 4.00. The van der Waals surface area contributed by atoms with E-state index < -0.39 is 0 Å². The highest BCUT2D eigenvalue weighted by molar-refractivity contribution is 9.10. The molecule has 152 valence electrons. The quantitative estimate of drug-likeness (QED) is 0.325. The number of benzene rings is 3. The molecular weight excluding hydrogens is 416 g/mol. The lowest BCUT2D eigenvalue weighted by molar-refractivity contribution is 0.646. The van der Waals surface area contributed by atoms with E-state index in [0.717, 1.165) is 23.7 Å². The molecule has 0 heterocycles. The summed E-state index contributed by atoms with van der Waals surface area (Å²) in [7, 11) is 0. The highest BCUT2D eigenvalue weighted by atomic mass is 79.9. The predicted molar refractivity (Wildman–Crippen MR) is 130 cm³/mol. The van der Waals surface area contributed by atoms with E-state index in [1.54, 1.807) is 0 Å². The Morgan fingerprint density at radius 3 is 1.24 bits per heavy atom. The number of hydrogen-bond donors (Lipinski definition) is 0. The minimum absolute atomic E-state index is 0.373. The molecule has 0 atom stereocenters. The lowest BCUT2D eigenvalue weighted by Crippen LogP contribution is -2.06. The molecule has 0 radical (unpaired) electrons. The van der Waals surface area contributed by atoms with Crippen LogP contribution >= 0.6 is 15.9 Å². The van der Waals surface area contributed by atoms with Crippen LogP contribution in [0.15, 0.2) is 77.3 Å². The highest BCUT2D eigenvalue weighted by Crippen LogP contribution is 2.30. The van der Waals surface area contributed by atoms with Gasteiger partial charge in [-0.15, -0.1) is 0 Å². The first-order valence-electron chi connectivity index (χ1n) is 10.8. The Labute approximate surface area is 185 Å². The average molecular weight is 449 g/mol. The second kappa shape index (κ2) is 10.3. The van der Waals surface area contributed by atoms with Crippen molar-refractivity contribution in [1.82, 2.24) is 0 Å². The van der Waals surface area contributed by atoms with Gasteiger partial charge in [0.2, 0.25) is 0 Å². The predicted octanol–water partition coefficient (Wildman–Crippen LogP) is 8.22. The van der Waals surface area contributed by atoms with Crippen LogP contribution in [0.1, 0.15) is 61.4 Å². The van der Waals surface area contributed by atoms with Crippen molar-refractivity contribution >= 4 is 15.9 Å². The van der Waals surface area contributed by atoms with Gasteiger partial charge in [-0.2, -0.15) is 0 Å². The zero-order chi connectivity index (χ0) is 20.8. The summed E-state index contributed by atoms with van der Waals surface area (Å²) in [6.45, 7) is 9.12. The fraction of sp³-hybridized carbons (Fsp3) is 0.357. The summed E-state index contributed by atoms with van der Waals surface area (Å²) in [6.07, 6.45) is 3.30. The van der Waals surface area contributed by atoms with E-state index in [9.17, 15) is 0 Å². The van der Waals surface area contributed by atoms with Crippen LogP contribution in [0.25, 0.3) is 0 Å². The SMILES string of the molecule is CC(C)Cc1ccc(C(Cc2ccc(Br)cc2)c2ccc(CC(C)C)cc2)cc1. The average Bonchev–Trinajstić information content (AvgIpc) is 2.68. The fourth-order valence-corrected chi connectivity index (χ4v) is 4.26. The maximum atomic E-state index is 3.56. The minimum atomic E-state index is 0.373. The van der Waals surface area contributed by atoms with E-state index in [1.807, 2.05) is 0 Å². The van der Waals surface area contributed by atoms with Gasteiger partial charge in [-0.05, 0) is 71.0 Å². The normalized spacial score (nSPS) is 11.6. The van der Waals surface area contributed by atoms with Crippen LogP contribution in [0, 0.1) is 11.8 Å². The minimum Gasteiger partial charge on any atom is -0.0625 e. The van der Waals surface area contributed by atoms with E-state index in [2.05, 4.69) is 116 Å². The van der Waals surface area contributed by atoms with Crippen molar-refractivity contribution < 1.29 is 0 Å². The van der Waals surface area contributed by atoms with Gasteiger partial charge < -0.3 is 0 Å². The largest absolute Gasteiger partial charge is 0.0625 e. The summed E-state index contributed by atoms with van der Waals surface area (Å²) in [5, 5.41) is 0. The van der Waals surface area contributed by atoms with Crippen LogP contribution < -0.4 is 0 Å². The third-order valence-corrected chi connectivity index (χ3v) is 5.93. The number of halogens is 1. The third kappa shape index (κ3) is 6.57. The van der Waals surface area contributed by atoms with Gasteiger partial charge in [-0.25, -0.2) is 0 Å². The molecule has 0 saturated carbocycles. The van der Waals surface area contributed by atoms with E-state index in [4.69, 9.17) is 0 Å². The lowest BCUT2D eigenvalue weighted by Gasteiger charge is -2.20. The van der Waals surface area contributed by atoms with Gasteiger partial charge in [-0.1, -0.05) is 104 Å². The molecule has 29 heavy (non-hydrogen) atoms. The van der Waals surface area contributed by atoms with Crippen molar-refractivity contribution in [2.24, 2.45) is 11.8 Å². The first kappa shape index (κ1) is 21.8. The van der Waals surface area contributed by atoms with E-state index >= 15 is 0 Å². The second-order valence-electron chi connectivity index (χ2n) is 9.06. The molecule has 0 nitrogen and oxygen atoms in total. The van der Waals surface area contributed by atoms with Crippen molar-refractivity contribution in [3.05, 3.63) is 105 Å². The van der Waals surface area contributed by atoms with Crippen LogP contribution in [0.5, 0.6) is 0 Å². The zero-order valence-electron chi connectivity index (χ0n) is 18.2. The molecule has 0 unspecified atom stereocenters. The first-order chi connectivity index (χ1) is 13.9. The molecule has 0 spiro atoms. The van der Waals surface area contributed by atoms with Crippen molar-refractivity contribution in [3.63, 3.8) is 0 Å². The molecule has 0 amide bonds. The molecule has 0 N–H and O–H groups in total. The van der Waals surface area contributed by atoms with Crippen molar-refractivity contribution in [1.29, 1.82) is 0 Å². The summed E-state index contributed by atoms with van der Waals surface area (Å²) < 4.78 is 1.13. The van der Waals surface area contributed by atoms with E-state index in [-0.39, 0.29) is 0 Å². The van der Waals surface area contributed by atoms with E-state index in [0.29, 0.717) is 17.8 Å². The van der Waals surface area contributed by atoms with Gasteiger partial charge in [-0.3, -0.25) is 0 Å². The summed E-state index contributed by atoms with van der Waals surface area (Å²) in [4.78, 5) is 0. The summed E-state index contributed by atoms with van der Waals surface area (Å²) in [5.41, 5.74) is 7.03. The van der Waals surface area contributed by atoms with Crippen molar-refractivity contribution in [2.75, 3.05) is 0 Å². The van der Waals surface area contributed by atoms with E-state index in [1.165, 1.54) is 27.8 Å². The van der Waals surface area contributed by atoms with Crippen molar-refractivity contribution in [2.45, 2.75) is 52.9 Å². The Balaban J connectivity index is 1.89. The smallest absolute Gasteiger partial charge is 0.0175 e. The van der Waals surface area contributed by atoms with Gasteiger partial charge in [0, 0.05) is 10.4 Å². The molecule has 0 bridgehead atoms. The first-order valence-corrected chi connectivity index (χ1v) is 11.6. The van der Waals surface area contributed by atoms with Crippen molar-refractivity contribution in [3.8, 4) is 0 Å². The zero-order valence-corrected chi connectivity index (χ0v) is 19.7. The van der Waals surface area contributed by atoms with Crippen LogP contribution in [-0.2, 0) is 19.3 Å². The van der Waals surface area contributed by atoms with Crippen LogP contribution in [-0.4, -0.2) is 0 Å². The van der Waals surface area contributed by atoms with Gasteiger partial charge in [0.1, 0.15) is 0 Å². The molecule has 3 aromatic carbocycles. The summed E-state index contributed by atoms with van der Waals surface area (Å²) in [5.74, 6) is 1.75. The Hall–Kier alpha value is -1.86. The lowest BCUT2D eigenvalue weighted by atomic mass is 9.84. The molecule has 3 aromatic rings. The maximum absolute atomic E-state index is 3.56. The van der Waals surface area contributed by atoms with Crippen LogP contribution in [0.2, 0.25) is 0 Å². The van der Waals surface area contributed by atoms with Gasteiger partial charge in [0.15, 0.2) is 0 Å². The maximum Gasteiger partial charge on any atom is 0.0175 e. The molecule has 3 rings (SSSR count). The van der Waals surface area contributed by atoms with Gasteiger partial charge in [0.25, 0.3) is 0 Å². The topological polar surface area (TPSA) is 0 Å². The molecule has 0 saturated heterocycles. The molecule has 0 aliphatic heterocycles. The number of hydrogen-bond acceptors (Lipinski definition) is 0. The standard InChI is InChI=1S/C28H33Br/c1-20(2)17-22-5-11-25(12-6-22)28(19-24-9-15-27(29)16-10-24)26-13-7-23(8-14-26)18-21(3)4/h5-16,20-21,28H,17-19H2,1-4H3. The Morgan fingerprint density at radius 2 is 0.862 bits per heavy atom. The monoisotopic (exact) mass is 448 g/mol. The third-order valence-electron chi connectivity index (χ3n) is 5.41. The van der Waals surface area contributed by atoms with Crippen LogP contribution in [0.4, 0.5) is 0 Å². The number of rotatable bonds is 8. The molecule has 1 heteroatoms. The molecule has 0 aromatic heterocycles. The Morgan fingerprint density at radius 1 is 0.517 bits per heavy atom. The summed E-state index contributed by atoms with van der Waals surface area (Å²) in [6, 6.07) is 27.4. The molecule has 0 aliphatic carbocycles. The highest BCUT2D eigenvalue weighted by Gasteiger charge is 2.16. The van der Waals surface area contributed by atoms with Gasteiger partial charge in [0.05, 0.1) is 0 Å². The summed E-state index contributed by atoms with van der Waals surface area (Å²) >= 11 is 3.56. The second-order valence-corrected chi connectivity index (χ2v) is 9.98. The molecule has 0 aliphatic rings. The molecule has 0 fully saturated rings. The molecular formula is C28H33Br. The van der Waals surface area contributed by atoms with Gasteiger partial charge >= 0.3 is 0 Å². The van der Waals surface area contributed by atoms with Crippen LogP contribution in [0.3, 0.4) is 0 Å².